The van der Waals surface area contributed by atoms with Crippen LogP contribution in [0.25, 0.3) is 20.7 Å². The summed E-state index contributed by atoms with van der Waals surface area (Å²) in [6.45, 7) is 3.50. The van der Waals surface area contributed by atoms with Gasteiger partial charge in [-0.25, -0.2) is 4.98 Å². The van der Waals surface area contributed by atoms with Crippen molar-refractivity contribution in [2.45, 2.75) is 25.8 Å². The number of carbonyl (C=O) groups excluding carboxylic acids is 1. The number of para-hydroxylation sites is 2. The van der Waals surface area contributed by atoms with Crippen LogP contribution in [-0.4, -0.2) is 39.0 Å². The van der Waals surface area contributed by atoms with Gasteiger partial charge in [0.05, 0.1) is 17.1 Å². The van der Waals surface area contributed by atoms with Gasteiger partial charge in [0.15, 0.2) is 0 Å². The lowest BCUT2D eigenvalue weighted by Crippen LogP contribution is -2.40. The molecule has 5 rings (SSSR count). The fourth-order valence-corrected chi connectivity index (χ4v) is 6.08. The Bertz CT molecular complexity index is 1340. The number of fused-ring (bicyclic) bond motifs is 1. The lowest BCUT2D eigenvalue weighted by atomic mass is 9.94. The molecule has 0 saturated carbocycles. The molecular weight excluding hydrogens is 456 g/mol. The Morgan fingerprint density at radius 1 is 1.21 bits per heavy atom. The van der Waals surface area contributed by atoms with Gasteiger partial charge in [-0.2, -0.15) is 0 Å². The average molecular weight is 481 g/mol. The van der Waals surface area contributed by atoms with Crippen molar-refractivity contribution in [1.82, 2.24) is 14.9 Å². The number of nitrogens with one attached hydrogen (secondary N) is 2. The highest BCUT2D eigenvalue weighted by Crippen LogP contribution is 2.34. The average Bonchev–Trinajstić information content (AvgIpc) is 3.50. The molecule has 1 amide bonds. The number of piperidine rings is 1. The van der Waals surface area contributed by atoms with E-state index in [0.29, 0.717) is 29.7 Å². The second-order valence-corrected chi connectivity index (χ2v) is 10.1. The van der Waals surface area contributed by atoms with Gasteiger partial charge in [0.2, 0.25) is 5.91 Å². The van der Waals surface area contributed by atoms with Crippen LogP contribution in [0, 0.1) is 5.92 Å². The SMILES string of the molecule is C[C@@H](c1nc2scc(-c3cccs3)c2c(=O)[nH]1)N1CCC(C(=O)Nc2ccccc2O)CC1. The summed E-state index contributed by atoms with van der Waals surface area (Å²) in [4.78, 5) is 37.4. The summed E-state index contributed by atoms with van der Waals surface area (Å²) in [7, 11) is 0. The van der Waals surface area contributed by atoms with Crippen molar-refractivity contribution in [1.29, 1.82) is 0 Å². The third kappa shape index (κ3) is 4.31. The molecule has 1 aliphatic heterocycles. The van der Waals surface area contributed by atoms with Crippen LogP contribution in [0.4, 0.5) is 5.69 Å². The van der Waals surface area contributed by atoms with E-state index in [-0.39, 0.29) is 29.2 Å². The molecule has 4 aromatic rings. The second kappa shape index (κ2) is 9.09. The Hall–Kier alpha value is -3.01. The van der Waals surface area contributed by atoms with Gasteiger partial charge in [-0.1, -0.05) is 18.2 Å². The molecule has 1 atom stereocenters. The summed E-state index contributed by atoms with van der Waals surface area (Å²) in [6.07, 6.45) is 1.41. The fourth-order valence-electron chi connectivity index (χ4n) is 4.31. The van der Waals surface area contributed by atoms with Crippen molar-refractivity contribution in [2.24, 2.45) is 5.92 Å². The number of benzene rings is 1. The van der Waals surface area contributed by atoms with E-state index in [9.17, 15) is 14.7 Å². The smallest absolute Gasteiger partial charge is 0.260 e. The summed E-state index contributed by atoms with van der Waals surface area (Å²) in [5.74, 6) is 0.534. The third-order valence-electron chi connectivity index (χ3n) is 6.25. The molecule has 33 heavy (non-hydrogen) atoms. The standard InChI is InChI=1S/C24H24N4O3S2/c1-14(21-26-23(31)20-16(13-33-24(20)27-21)19-7-4-12-32-19)28-10-8-15(9-11-28)22(30)25-17-5-2-3-6-18(17)29/h2-7,12-15,29H,8-11H2,1H3,(H,25,30)(H,26,27,31)/t14-/m0/s1. The number of aromatic hydroxyl groups is 1. The number of rotatable bonds is 5. The minimum atomic E-state index is -0.117. The first-order valence-corrected chi connectivity index (χ1v) is 12.7. The van der Waals surface area contributed by atoms with Gasteiger partial charge in [-0.15, -0.1) is 22.7 Å². The molecular formula is C24H24N4O3S2. The molecule has 1 aliphatic rings. The van der Waals surface area contributed by atoms with Gasteiger partial charge in [0.1, 0.15) is 16.4 Å². The summed E-state index contributed by atoms with van der Waals surface area (Å²) in [5, 5.41) is 17.4. The lowest BCUT2D eigenvalue weighted by Gasteiger charge is -2.35. The number of H-pyrrole nitrogens is 1. The number of hydrogen-bond donors (Lipinski definition) is 3. The number of phenols is 1. The first-order chi connectivity index (χ1) is 16.0. The maximum absolute atomic E-state index is 12.9. The number of amides is 1. The molecule has 0 spiro atoms. The maximum atomic E-state index is 12.9. The van der Waals surface area contributed by atoms with E-state index in [4.69, 9.17) is 4.98 Å². The van der Waals surface area contributed by atoms with Crippen molar-refractivity contribution < 1.29 is 9.90 Å². The zero-order valence-corrected chi connectivity index (χ0v) is 19.7. The van der Waals surface area contributed by atoms with Crippen LogP contribution in [0.2, 0.25) is 0 Å². The monoisotopic (exact) mass is 480 g/mol. The molecule has 9 heteroatoms. The minimum Gasteiger partial charge on any atom is -0.506 e. The Morgan fingerprint density at radius 3 is 2.73 bits per heavy atom. The van der Waals surface area contributed by atoms with Gasteiger partial charge >= 0.3 is 0 Å². The number of nitrogens with zero attached hydrogens (tertiary/aromatic N) is 2. The van der Waals surface area contributed by atoms with Crippen LogP contribution in [0.1, 0.15) is 31.6 Å². The van der Waals surface area contributed by atoms with E-state index < -0.39 is 0 Å². The van der Waals surface area contributed by atoms with Crippen molar-refractivity contribution in [2.75, 3.05) is 18.4 Å². The normalized spacial score (nSPS) is 16.2. The number of phenolic OH excluding ortho intramolecular Hbond substituents is 1. The molecule has 0 bridgehead atoms. The highest BCUT2D eigenvalue weighted by molar-refractivity contribution is 7.18. The molecule has 0 aliphatic carbocycles. The van der Waals surface area contributed by atoms with E-state index in [1.165, 1.54) is 11.3 Å². The number of carbonyl (C=O) groups is 1. The van der Waals surface area contributed by atoms with Crippen LogP contribution >= 0.6 is 22.7 Å². The number of likely N-dealkylation sites (tertiary alicyclic amines) is 1. The topological polar surface area (TPSA) is 98.3 Å². The van der Waals surface area contributed by atoms with Gasteiger partial charge in [-0.3, -0.25) is 14.5 Å². The number of hydrogen-bond acceptors (Lipinski definition) is 7. The quantitative estimate of drug-likeness (QED) is 0.356. The lowest BCUT2D eigenvalue weighted by molar-refractivity contribution is -0.121. The Morgan fingerprint density at radius 2 is 2.00 bits per heavy atom. The van der Waals surface area contributed by atoms with Crippen molar-refractivity contribution >= 4 is 44.5 Å². The van der Waals surface area contributed by atoms with Gasteiger partial charge in [-0.05, 0) is 56.4 Å². The van der Waals surface area contributed by atoms with Crippen LogP contribution < -0.4 is 10.9 Å². The highest BCUT2D eigenvalue weighted by atomic mass is 32.1. The van der Waals surface area contributed by atoms with E-state index in [1.807, 2.05) is 29.8 Å². The Labute approximate surface area is 198 Å². The largest absolute Gasteiger partial charge is 0.506 e. The van der Waals surface area contributed by atoms with Crippen LogP contribution in [0.5, 0.6) is 5.75 Å². The van der Waals surface area contributed by atoms with Gasteiger partial charge < -0.3 is 15.4 Å². The van der Waals surface area contributed by atoms with Gasteiger partial charge in [0, 0.05) is 21.7 Å². The van der Waals surface area contributed by atoms with E-state index in [2.05, 4.69) is 15.2 Å². The predicted molar refractivity (Wildman–Crippen MR) is 133 cm³/mol. The molecule has 1 saturated heterocycles. The highest BCUT2D eigenvalue weighted by Gasteiger charge is 2.29. The molecule has 1 fully saturated rings. The Kier molecular flexibility index (Phi) is 6.01. The number of thiophene rings is 2. The molecule has 3 aromatic heterocycles. The predicted octanol–water partition coefficient (Wildman–Crippen LogP) is 4.83. The van der Waals surface area contributed by atoms with Crippen LogP contribution in [0.15, 0.2) is 52.0 Å². The zero-order chi connectivity index (χ0) is 22.9. The van der Waals surface area contributed by atoms with Crippen molar-refractivity contribution in [3.05, 3.63) is 63.3 Å². The molecule has 0 unspecified atom stereocenters. The maximum Gasteiger partial charge on any atom is 0.260 e. The number of anilines is 1. The first kappa shape index (κ1) is 21.8. The fraction of sp³-hybridized carbons (Fsp3) is 0.292. The van der Waals surface area contributed by atoms with E-state index in [0.717, 1.165) is 28.4 Å². The third-order valence-corrected chi connectivity index (χ3v) is 8.03. The molecule has 0 radical (unpaired) electrons. The zero-order valence-electron chi connectivity index (χ0n) is 18.1. The minimum absolute atomic E-state index is 0.0587. The second-order valence-electron chi connectivity index (χ2n) is 8.25. The molecule has 170 valence electrons. The number of aromatic nitrogens is 2. The Balaban J connectivity index is 1.27. The summed E-state index contributed by atoms with van der Waals surface area (Å²) < 4.78 is 0. The van der Waals surface area contributed by atoms with Crippen molar-refractivity contribution in [3.63, 3.8) is 0 Å². The van der Waals surface area contributed by atoms with Crippen LogP contribution in [0.3, 0.4) is 0 Å². The van der Waals surface area contributed by atoms with E-state index in [1.54, 1.807) is 35.6 Å². The first-order valence-electron chi connectivity index (χ1n) is 10.9. The number of aromatic amines is 1. The van der Waals surface area contributed by atoms with Gasteiger partial charge in [0.25, 0.3) is 5.56 Å². The molecule has 4 heterocycles. The summed E-state index contributed by atoms with van der Waals surface area (Å²) >= 11 is 3.11. The molecule has 1 aromatic carbocycles. The molecule has 7 nitrogen and oxygen atoms in total. The summed E-state index contributed by atoms with van der Waals surface area (Å²) in [6, 6.07) is 10.7. The molecule has 3 N–H and O–H groups in total. The van der Waals surface area contributed by atoms with Crippen molar-refractivity contribution in [3.8, 4) is 16.2 Å². The van der Waals surface area contributed by atoms with Crippen LogP contribution in [-0.2, 0) is 4.79 Å². The van der Waals surface area contributed by atoms with E-state index >= 15 is 0 Å². The summed E-state index contributed by atoms with van der Waals surface area (Å²) in [5.41, 5.74) is 1.27.